The van der Waals surface area contributed by atoms with Gasteiger partial charge in [0.1, 0.15) is 0 Å². The summed E-state index contributed by atoms with van der Waals surface area (Å²) in [6.45, 7) is 3.57. The van der Waals surface area contributed by atoms with Gasteiger partial charge in [-0.15, -0.1) is 0 Å². The average Bonchev–Trinajstić information content (AvgIpc) is 3.27. The number of likely N-dealkylation sites (N-methyl/N-ethyl adjacent to an activating group) is 1. The predicted octanol–water partition coefficient (Wildman–Crippen LogP) is 3.66. The van der Waals surface area contributed by atoms with Crippen LogP contribution in [-0.2, 0) is 26.0 Å². The van der Waals surface area contributed by atoms with Crippen LogP contribution in [0.5, 0.6) is 0 Å². The summed E-state index contributed by atoms with van der Waals surface area (Å²) in [6.07, 6.45) is 2.31. The van der Waals surface area contributed by atoms with Crippen LogP contribution >= 0.6 is 23.2 Å². The Labute approximate surface area is 204 Å². The normalized spacial score (nSPS) is 15.3. The molecule has 0 radical (unpaired) electrons. The van der Waals surface area contributed by atoms with E-state index in [1.807, 2.05) is 4.72 Å². The Kier molecular flexibility index (Phi) is 8.39. The molecule has 1 aliphatic heterocycles. The third-order valence-electron chi connectivity index (χ3n) is 5.66. The van der Waals surface area contributed by atoms with Crippen LogP contribution in [0, 0.1) is 0 Å². The van der Waals surface area contributed by atoms with Gasteiger partial charge >= 0.3 is 0 Å². The van der Waals surface area contributed by atoms with E-state index in [9.17, 15) is 18.0 Å². The Morgan fingerprint density at radius 3 is 2.42 bits per heavy atom. The second-order valence-corrected chi connectivity index (χ2v) is 10.7. The van der Waals surface area contributed by atoms with Crippen LogP contribution in [0.2, 0.25) is 10.0 Å². The number of carbonyl (C=O) groups excluding carboxylic acids is 2. The van der Waals surface area contributed by atoms with Gasteiger partial charge in [0.25, 0.3) is 10.0 Å². The fourth-order valence-corrected chi connectivity index (χ4v) is 5.29. The zero-order chi connectivity index (χ0) is 24.2. The van der Waals surface area contributed by atoms with Crippen molar-refractivity contribution in [1.29, 1.82) is 0 Å². The minimum atomic E-state index is -3.99. The highest BCUT2D eigenvalue weighted by Gasteiger charge is 2.27. The number of benzene rings is 2. The molecule has 0 aromatic heterocycles. The van der Waals surface area contributed by atoms with Gasteiger partial charge in [0.15, 0.2) is 0 Å². The molecule has 2 amide bonds. The molecule has 0 bridgehead atoms. The minimum Gasteiger partial charge on any atom is -0.337 e. The highest BCUT2D eigenvalue weighted by Crippen LogP contribution is 2.27. The van der Waals surface area contributed by atoms with Gasteiger partial charge in [-0.2, -0.15) is 0 Å². The van der Waals surface area contributed by atoms with E-state index in [1.165, 1.54) is 12.1 Å². The smallest absolute Gasteiger partial charge is 0.264 e. The third-order valence-corrected chi connectivity index (χ3v) is 7.83. The van der Waals surface area contributed by atoms with E-state index >= 15 is 0 Å². The molecule has 1 heterocycles. The molecule has 33 heavy (non-hydrogen) atoms. The highest BCUT2D eigenvalue weighted by atomic mass is 35.5. The highest BCUT2D eigenvalue weighted by molar-refractivity contribution is 7.90. The number of hydrogen-bond acceptors (Lipinski definition) is 5. The molecule has 3 rings (SSSR count). The van der Waals surface area contributed by atoms with Crippen molar-refractivity contribution in [2.45, 2.75) is 37.1 Å². The summed E-state index contributed by atoms with van der Waals surface area (Å²) in [5.41, 5.74) is 1.42. The molecule has 2 aromatic rings. The molecule has 1 saturated heterocycles. The number of halogens is 2. The molecular formula is C23H27Cl2N3O4S. The van der Waals surface area contributed by atoms with Crippen molar-refractivity contribution in [1.82, 2.24) is 14.5 Å². The number of amides is 2. The first-order valence-electron chi connectivity index (χ1n) is 10.6. The van der Waals surface area contributed by atoms with E-state index in [0.29, 0.717) is 22.2 Å². The summed E-state index contributed by atoms with van der Waals surface area (Å²) in [6, 6.07) is 11.1. The third kappa shape index (κ3) is 6.69. The maximum atomic E-state index is 13.2. The van der Waals surface area contributed by atoms with Gasteiger partial charge in [0.05, 0.1) is 27.4 Å². The molecule has 1 unspecified atom stereocenters. The number of nitrogens with zero attached hydrogens (tertiary/aromatic N) is 2. The van der Waals surface area contributed by atoms with E-state index < -0.39 is 15.9 Å². The van der Waals surface area contributed by atoms with Crippen LogP contribution in [-0.4, -0.2) is 56.7 Å². The summed E-state index contributed by atoms with van der Waals surface area (Å²) in [5.74, 6) is -0.796. The first-order chi connectivity index (χ1) is 15.6. The number of likely N-dealkylation sites (tertiary alicyclic amines) is 1. The van der Waals surface area contributed by atoms with Gasteiger partial charge in [-0.05, 0) is 61.3 Å². The van der Waals surface area contributed by atoms with Crippen LogP contribution in [0.1, 0.15) is 36.9 Å². The van der Waals surface area contributed by atoms with Gasteiger partial charge in [-0.25, -0.2) is 13.1 Å². The molecular weight excluding hydrogens is 485 g/mol. The molecule has 7 nitrogen and oxygen atoms in total. The molecule has 178 valence electrons. The predicted molar refractivity (Wildman–Crippen MR) is 129 cm³/mol. The van der Waals surface area contributed by atoms with Crippen LogP contribution in [0.3, 0.4) is 0 Å². The lowest BCUT2D eigenvalue weighted by Gasteiger charge is -2.32. The SMILES string of the molecule is CC(=O)NS(=O)(=O)c1cccc(C(CN2CCCC2)N(C)C(=O)Cc2ccc(Cl)c(Cl)c2)c1. The largest absolute Gasteiger partial charge is 0.337 e. The van der Waals surface area contributed by atoms with Crippen molar-refractivity contribution in [3.63, 3.8) is 0 Å². The molecule has 2 aromatic carbocycles. The minimum absolute atomic E-state index is 0.0213. The van der Waals surface area contributed by atoms with Crippen molar-refractivity contribution in [3.8, 4) is 0 Å². The van der Waals surface area contributed by atoms with E-state index in [4.69, 9.17) is 23.2 Å². The maximum Gasteiger partial charge on any atom is 0.264 e. The van der Waals surface area contributed by atoms with E-state index in [2.05, 4.69) is 4.90 Å². The molecule has 1 aliphatic rings. The average molecular weight is 512 g/mol. The zero-order valence-corrected chi connectivity index (χ0v) is 20.9. The Morgan fingerprint density at radius 1 is 1.09 bits per heavy atom. The molecule has 1 atom stereocenters. The monoisotopic (exact) mass is 511 g/mol. The molecule has 1 N–H and O–H groups in total. The second kappa shape index (κ2) is 10.9. The molecule has 1 fully saturated rings. The van der Waals surface area contributed by atoms with E-state index in [0.717, 1.165) is 38.4 Å². The lowest BCUT2D eigenvalue weighted by molar-refractivity contribution is -0.131. The van der Waals surface area contributed by atoms with Crippen molar-refractivity contribution in [2.75, 3.05) is 26.7 Å². The van der Waals surface area contributed by atoms with Crippen LogP contribution in [0.15, 0.2) is 47.4 Å². The fourth-order valence-electron chi connectivity index (χ4n) is 3.92. The first kappa shape index (κ1) is 25.5. The Bertz CT molecular complexity index is 1130. The number of hydrogen-bond donors (Lipinski definition) is 1. The van der Waals surface area contributed by atoms with Crippen molar-refractivity contribution in [2.24, 2.45) is 0 Å². The van der Waals surface area contributed by atoms with Gasteiger partial charge in [0, 0.05) is 20.5 Å². The summed E-state index contributed by atoms with van der Waals surface area (Å²) < 4.78 is 27.0. The molecule has 0 spiro atoms. The quantitative estimate of drug-likeness (QED) is 0.584. The number of rotatable bonds is 8. The van der Waals surface area contributed by atoms with E-state index in [1.54, 1.807) is 42.3 Å². The van der Waals surface area contributed by atoms with Crippen LogP contribution in [0.25, 0.3) is 0 Å². The molecule has 0 aliphatic carbocycles. The Morgan fingerprint density at radius 2 is 1.79 bits per heavy atom. The van der Waals surface area contributed by atoms with Crippen LogP contribution in [0.4, 0.5) is 0 Å². The van der Waals surface area contributed by atoms with Crippen LogP contribution < -0.4 is 4.72 Å². The van der Waals surface area contributed by atoms with Crippen molar-refractivity contribution >= 4 is 45.0 Å². The van der Waals surface area contributed by atoms with Crippen molar-refractivity contribution < 1.29 is 18.0 Å². The van der Waals surface area contributed by atoms with Gasteiger partial charge in [-0.3, -0.25) is 9.59 Å². The van der Waals surface area contributed by atoms with E-state index in [-0.39, 0.29) is 23.3 Å². The molecule has 10 heteroatoms. The maximum absolute atomic E-state index is 13.2. The Hall–Kier alpha value is -2.13. The van der Waals surface area contributed by atoms with Gasteiger partial charge < -0.3 is 9.80 Å². The molecule has 0 saturated carbocycles. The van der Waals surface area contributed by atoms with Gasteiger partial charge in [0.2, 0.25) is 11.8 Å². The number of sulfonamides is 1. The lowest BCUT2D eigenvalue weighted by atomic mass is 10.0. The summed E-state index contributed by atoms with van der Waals surface area (Å²) >= 11 is 12.1. The van der Waals surface area contributed by atoms with Crippen molar-refractivity contribution in [3.05, 3.63) is 63.6 Å². The lowest BCUT2D eigenvalue weighted by Crippen LogP contribution is -2.39. The Balaban J connectivity index is 1.89. The zero-order valence-electron chi connectivity index (χ0n) is 18.6. The summed E-state index contributed by atoms with van der Waals surface area (Å²) in [5, 5.41) is 0.805. The number of nitrogens with one attached hydrogen (secondary N) is 1. The van der Waals surface area contributed by atoms with Gasteiger partial charge in [-0.1, -0.05) is 41.4 Å². The number of carbonyl (C=O) groups is 2. The summed E-state index contributed by atoms with van der Waals surface area (Å²) in [4.78, 5) is 28.4. The second-order valence-electron chi connectivity index (χ2n) is 8.19. The first-order valence-corrected chi connectivity index (χ1v) is 12.9. The fraction of sp³-hybridized carbons (Fsp3) is 0.391. The standard InChI is InChI=1S/C23H27Cl2N3O4S/c1-16(29)26-33(31,32)19-7-5-6-18(14-19)22(15-28-10-3-4-11-28)27(2)23(30)13-17-8-9-20(24)21(25)12-17/h5-9,12,14,22H,3-4,10-11,13,15H2,1-2H3,(H,26,29). The topological polar surface area (TPSA) is 86.8 Å². The summed E-state index contributed by atoms with van der Waals surface area (Å²) in [7, 11) is -2.27.